The quantitative estimate of drug-likeness (QED) is 0.785. The number of anilines is 1. The molecule has 0 bridgehead atoms. The normalized spacial score (nSPS) is 21.1. The maximum Gasteiger partial charge on any atom is 0.327 e. The number of urea groups is 1. The number of ether oxygens (including phenoxy) is 1. The molecule has 27 heavy (non-hydrogen) atoms. The fourth-order valence-corrected chi connectivity index (χ4v) is 3.87. The Kier molecular flexibility index (Phi) is 5.03. The minimum Gasteiger partial charge on any atom is -0.383 e. The Morgan fingerprint density at radius 2 is 1.78 bits per heavy atom. The molecule has 1 aliphatic heterocycles. The maximum atomic E-state index is 12.9. The summed E-state index contributed by atoms with van der Waals surface area (Å²) in [4.78, 5) is 25.4. The van der Waals surface area contributed by atoms with Crippen LogP contribution < -0.4 is 4.90 Å². The molecule has 1 saturated carbocycles. The number of benzene rings is 1. The Balaban J connectivity index is 1.53. The van der Waals surface area contributed by atoms with Crippen molar-refractivity contribution in [2.75, 3.05) is 25.2 Å². The highest BCUT2D eigenvalue weighted by atomic mass is 16.5. The fraction of sp³-hybridized carbons (Fsp3) is 0.381. The Morgan fingerprint density at radius 3 is 2.52 bits per heavy atom. The summed E-state index contributed by atoms with van der Waals surface area (Å²) in [6, 6.07) is 10.1. The summed E-state index contributed by atoms with van der Waals surface area (Å²) in [6.07, 6.45) is 6.50. The third-order valence-electron chi connectivity index (χ3n) is 5.14. The largest absolute Gasteiger partial charge is 0.383 e. The van der Waals surface area contributed by atoms with Crippen molar-refractivity contribution in [2.24, 2.45) is 0 Å². The average Bonchev–Trinajstić information content (AvgIpc) is 3.27. The number of aromatic nitrogens is 2. The minimum atomic E-state index is -0.0233. The lowest BCUT2D eigenvalue weighted by atomic mass is 10.2. The molecule has 2 atom stereocenters. The van der Waals surface area contributed by atoms with Gasteiger partial charge in [0.15, 0.2) is 0 Å². The molecule has 2 unspecified atom stereocenters. The van der Waals surface area contributed by atoms with Gasteiger partial charge < -0.3 is 9.64 Å². The first kappa shape index (κ1) is 17.5. The van der Waals surface area contributed by atoms with E-state index >= 15 is 0 Å². The molecule has 2 heterocycles. The van der Waals surface area contributed by atoms with E-state index in [0.29, 0.717) is 19.1 Å². The monoisotopic (exact) mass is 362 g/mol. The van der Waals surface area contributed by atoms with Crippen molar-refractivity contribution >= 4 is 12.0 Å². The van der Waals surface area contributed by atoms with Crippen molar-refractivity contribution in [3.05, 3.63) is 53.9 Å². The van der Waals surface area contributed by atoms with Gasteiger partial charge in [0.1, 0.15) is 0 Å². The van der Waals surface area contributed by atoms with E-state index < -0.39 is 0 Å². The molecule has 6 heteroatoms. The van der Waals surface area contributed by atoms with Gasteiger partial charge >= 0.3 is 6.03 Å². The number of hydrogen-bond acceptors (Lipinski definition) is 4. The summed E-state index contributed by atoms with van der Waals surface area (Å²) in [6.45, 7) is 1.14. The Hall–Kier alpha value is -2.91. The third kappa shape index (κ3) is 3.51. The first-order valence-electron chi connectivity index (χ1n) is 9.26. The van der Waals surface area contributed by atoms with E-state index in [-0.39, 0.29) is 18.1 Å². The van der Waals surface area contributed by atoms with Crippen LogP contribution >= 0.6 is 0 Å². The van der Waals surface area contributed by atoms with Crippen LogP contribution in [0.15, 0.2) is 42.7 Å². The standard InChI is InChI=1S/C21H22N4O2/c1-27-13-12-24-18-8-5-9-19(18)25(21(24)26)20-22-14-17(15-23-20)11-10-16-6-3-2-4-7-16/h2-4,6-7,14-15,18-19H,5,8-9,12-13H2,1H3. The lowest BCUT2D eigenvalue weighted by Crippen LogP contribution is -2.37. The van der Waals surface area contributed by atoms with Crippen LogP contribution in [0, 0.1) is 11.8 Å². The molecule has 0 radical (unpaired) electrons. The summed E-state index contributed by atoms with van der Waals surface area (Å²) in [5.41, 5.74) is 1.67. The molecule has 2 amide bonds. The van der Waals surface area contributed by atoms with E-state index in [2.05, 4.69) is 21.8 Å². The predicted molar refractivity (Wildman–Crippen MR) is 102 cm³/mol. The molecule has 2 aromatic rings. The zero-order chi connectivity index (χ0) is 18.6. The zero-order valence-corrected chi connectivity index (χ0v) is 15.3. The number of hydrogen-bond donors (Lipinski definition) is 0. The Labute approximate surface area is 159 Å². The predicted octanol–water partition coefficient (Wildman–Crippen LogP) is 2.69. The van der Waals surface area contributed by atoms with Crippen LogP contribution in [0.5, 0.6) is 0 Å². The van der Waals surface area contributed by atoms with E-state index in [1.54, 1.807) is 24.4 Å². The van der Waals surface area contributed by atoms with E-state index in [4.69, 9.17) is 4.74 Å². The highest BCUT2D eigenvalue weighted by Crippen LogP contribution is 2.36. The van der Waals surface area contributed by atoms with E-state index in [9.17, 15) is 4.79 Å². The average molecular weight is 362 g/mol. The van der Waals surface area contributed by atoms with Crippen LogP contribution in [0.3, 0.4) is 0 Å². The molecule has 4 rings (SSSR count). The minimum absolute atomic E-state index is 0.0233. The van der Waals surface area contributed by atoms with Gasteiger partial charge in [0, 0.05) is 31.6 Å². The van der Waals surface area contributed by atoms with E-state index in [1.165, 1.54) is 0 Å². The van der Waals surface area contributed by atoms with Crippen molar-refractivity contribution in [3.8, 4) is 11.8 Å². The van der Waals surface area contributed by atoms with Crippen molar-refractivity contribution in [3.63, 3.8) is 0 Å². The van der Waals surface area contributed by atoms with Crippen LogP contribution in [0.25, 0.3) is 0 Å². The van der Waals surface area contributed by atoms with Crippen molar-refractivity contribution in [1.29, 1.82) is 0 Å². The van der Waals surface area contributed by atoms with Crippen LogP contribution in [0.1, 0.15) is 30.4 Å². The highest BCUT2D eigenvalue weighted by Gasteiger charge is 2.49. The molecular formula is C21H22N4O2. The number of carbonyl (C=O) groups excluding carboxylic acids is 1. The number of methoxy groups -OCH3 is 1. The zero-order valence-electron chi connectivity index (χ0n) is 15.3. The van der Waals surface area contributed by atoms with Crippen molar-refractivity contribution < 1.29 is 9.53 Å². The first-order chi connectivity index (χ1) is 13.3. The van der Waals surface area contributed by atoms with Crippen molar-refractivity contribution in [2.45, 2.75) is 31.3 Å². The lowest BCUT2D eigenvalue weighted by molar-refractivity contribution is 0.146. The lowest BCUT2D eigenvalue weighted by Gasteiger charge is -2.21. The van der Waals surface area contributed by atoms with Gasteiger partial charge in [-0.3, -0.25) is 4.90 Å². The molecule has 0 N–H and O–H groups in total. The molecule has 138 valence electrons. The van der Waals surface area contributed by atoms with Gasteiger partial charge in [0.25, 0.3) is 0 Å². The van der Waals surface area contributed by atoms with E-state index in [1.807, 2.05) is 35.2 Å². The first-order valence-corrected chi connectivity index (χ1v) is 9.26. The summed E-state index contributed by atoms with van der Waals surface area (Å²) < 4.78 is 5.16. The molecule has 1 aromatic heterocycles. The molecule has 2 fully saturated rings. The summed E-state index contributed by atoms with van der Waals surface area (Å²) >= 11 is 0. The summed E-state index contributed by atoms with van der Waals surface area (Å²) in [7, 11) is 1.66. The van der Waals surface area contributed by atoms with Crippen LogP contribution in [-0.2, 0) is 4.74 Å². The molecular weight excluding hydrogens is 340 g/mol. The maximum absolute atomic E-state index is 12.9. The number of carbonyl (C=O) groups is 1. The van der Waals surface area contributed by atoms with Gasteiger partial charge in [-0.05, 0) is 31.4 Å². The third-order valence-corrected chi connectivity index (χ3v) is 5.14. The Morgan fingerprint density at radius 1 is 1.07 bits per heavy atom. The SMILES string of the molecule is COCCN1C(=O)N(c2ncc(C#Cc3ccccc3)cn2)C2CCCC21. The number of amides is 2. The fourth-order valence-electron chi connectivity index (χ4n) is 3.87. The molecule has 6 nitrogen and oxygen atoms in total. The van der Waals surface area contributed by atoms with Crippen LogP contribution in [0.2, 0.25) is 0 Å². The van der Waals surface area contributed by atoms with Gasteiger partial charge in [-0.15, -0.1) is 0 Å². The highest BCUT2D eigenvalue weighted by molar-refractivity contribution is 5.94. The summed E-state index contributed by atoms with van der Waals surface area (Å²) in [5, 5.41) is 0. The van der Waals surface area contributed by atoms with Gasteiger partial charge in [-0.2, -0.15) is 0 Å². The smallest absolute Gasteiger partial charge is 0.327 e. The van der Waals surface area contributed by atoms with E-state index in [0.717, 1.165) is 30.4 Å². The van der Waals surface area contributed by atoms with Gasteiger partial charge in [0.2, 0.25) is 5.95 Å². The molecule has 2 aliphatic rings. The molecule has 1 aliphatic carbocycles. The molecule has 0 spiro atoms. The second-order valence-electron chi connectivity index (χ2n) is 6.79. The van der Waals surface area contributed by atoms with Gasteiger partial charge in [-0.25, -0.2) is 14.8 Å². The van der Waals surface area contributed by atoms with Gasteiger partial charge in [0.05, 0.1) is 24.3 Å². The number of fused-ring (bicyclic) bond motifs is 1. The topological polar surface area (TPSA) is 58.6 Å². The Bertz CT molecular complexity index is 857. The second-order valence-corrected chi connectivity index (χ2v) is 6.79. The summed E-state index contributed by atoms with van der Waals surface area (Å²) in [5.74, 6) is 6.62. The molecule has 1 aromatic carbocycles. The van der Waals surface area contributed by atoms with Crippen LogP contribution in [0.4, 0.5) is 10.7 Å². The van der Waals surface area contributed by atoms with Crippen LogP contribution in [-0.4, -0.2) is 53.2 Å². The number of rotatable bonds is 4. The number of nitrogens with zero attached hydrogens (tertiary/aromatic N) is 4. The van der Waals surface area contributed by atoms with Gasteiger partial charge in [-0.1, -0.05) is 30.0 Å². The molecule has 1 saturated heterocycles. The van der Waals surface area contributed by atoms with Crippen molar-refractivity contribution in [1.82, 2.24) is 14.9 Å². The second kappa shape index (κ2) is 7.77.